The van der Waals surface area contributed by atoms with Gasteiger partial charge in [0, 0.05) is 30.1 Å². The van der Waals surface area contributed by atoms with Crippen LogP contribution in [0.2, 0.25) is 0 Å². The molecule has 0 bridgehead atoms. The van der Waals surface area contributed by atoms with Crippen LogP contribution >= 0.6 is 0 Å². The van der Waals surface area contributed by atoms with Crippen LogP contribution in [0.1, 0.15) is 58.9 Å². The van der Waals surface area contributed by atoms with E-state index in [1.807, 2.05) is 18.2 Å². The molecule has 1 amide bonds. The summed E-state index contributed by atoms with van der Waals surface area (Å²) in [6.45, 7) is 10.2. The maximum Gasteiger partial charge on any atom is 0.220 e. The second kappa shape index (κ2) is 8.81. The molecule has 0 aromatic heterocycles. The van der Waals surface area contributed by atoms with Crippen molar-refractivity contribution in [3.63, 3.8) is 0 Å². The molecule has 1 fully saturated rings. The maximum absolute atomic E-state index is 12.2. The van der Waals surface area contributed by atoms with Gasteiger partial charge in [-0.05, 0) is 58.9 Å². The van der Waals surface area contributed by atoms with Crippen LogP contribution in [0.25, 0.3) is 0 Å². The molecule has 1 aliphatic heterocycles. The Morgan fingerprint density at radius 1 is 1.12 bits per heavy atom. The number of hydrogen-bond acceptors (Lipinski definition) is 3. The summed E-state index contributed by atoms with van der Waals surface area (Å²) in [4.78, 5) is 12.2. The van der Waals surface area contributed by atoms with Crippen LogP contribution in [0.4, 0.5) is 0 Å². The highest BCUT2D eigenvalue weighted by molar-refractivity contribution is 5.76. The van der Waals surface area contributed by atoms with Gasteiger partial charge in [0.1, 0.15) is 0 Å². The summed E-state index contributed by atoms with van der Waals surface area (Å²) in [5.74, 6) is 0.144. The van der Waals surface area contributed by atoms with Crippen LogP contribution in [0.5, 0.6) is 0 Å². The first kappa shape index (κ1) is 19.9. The summed E-state index contributed by atoms with van der Waals surface area (Å²) in [6.07, 6.45) is 4.17. The third-order valence-corrected chi connectivity index (χ3v) is 4.63. The van der Waals surface area contributed by atoms with Gasteiger partial charge < -0.3 is 15.4 Å². The monoisotopic (exact) mass is 346 g/mol. The van der Waals surface area contributed by atoms with E-state index in [1.165, 1.54) is 5.56 Å². The summed E-state index contributed by atoms with van der Waals surface area (Å²) in [7, 11) is 0. The lowest BCUT2D eigenvalue weighted by Gasteiger charge is -2.46. The lowest BCUT2D eigenvalue weighted by molar-refractivity contribution is -0.122. The number of benzene rings is 1. The van der Waals surface area contributed by atoms with E-state index in [0.29, 0.717) is 19.6 Å². The number of nitrogens with one attached hydrogen (secondary N) is 2. The Balaban J connectivity index is 1.59. The Bertz CT molecular complexity index is 524. The highest BCUT2D eigenvalue weighted by Gasteiger charge is 2.37. The van der Waals surface area contributed by atoms with Crippen molar-refractivity contribution in [3.8, 4) is 0 Å². The quantitative estimate of drug-likeness (QED) is 0.709. The number of amides is 1. The minimum absolute atomic E-state index is 0.0558. The number of hydrogen-bond donors (Lipinski definition) is 2. The zero-order chi connectivity index (χ0) is 18.3. The molecule has 4 nitrogen and oxygen atoms in total. The normalized spacial score (nSPS) is 19.5. The topological polar surface area (TPSA) is 50.4 Å². The Morgan fingerprint density at radius 3 is 2.40 bits per heavy atom. The summed E-state index contributed by atoms with van der Waals surface area (Å²) in [6, 6.07) is 10.6. The van der Waals surface area contributed by atoms with Crippen LogP contribution in [0.3, 0.4) is 0 Å². The molecule has 1 aromatic carbocycles. The summed E-state index contributed by atoms with van der Waals surface area (Å²) in [5, 5.41) is 6.86. The van der Waals surface area contributed by atoms with Crippen molar-refractivity contribution in [1.29, 1.82) is 0 Å². The van der Waals surface area contributed by atoms with Gasteiger partial charge in [-0.25, -0.2) is 0 Å². The lowest BCUT2D eigenvalue weighted by atomic mass is 9.79. The van der Waals surface area contributed by atoms with Gasteiger partial charge in [-0.1, -0.05) is 30.3 Å². The highest BCUT2D eigenvalue weighted by atomic mass is 16.5. The molecule has 1 aromatic rings. The van der Waals surface area contributed by atoms with Gasteiger partial charge in [-0.2, -0.15) is 0 Å². The number of carbonyl (C=O) groups excluding carboxylic acids is 1. The molecule has 0 atom stereocenters. The molecule has 0 spiro atoms. The molecule has 0 aliphatic carbocycles. The predicted molar refractivity (Wildman–Crippen MR) is 103 cm³/mol. The Kier molecular flexibility index (Phi) is 7.03. The van der Waals surface area contributed by atoms with Crippen molar-refractivity contribution >= 4 is 5.91 Å². The van der Waals surface area contributed by atoms with Crippen LogP contribution in [-0.2, 0) is 16.0 Å². The van der Waals surface area contributed by atoms with Crippen LogP contribution in [0, 0.1) is 0 Å². The van der Waals surface area contributed by atoms with Crippen molar-refractivity contribution < 1.29 is 9.53 Å². The third-order valence-electron chi connectivity index (χ3n) is 4.63. The molecule has 0 radical (unpaired) electrons. The molecule has 1 heterocycles. The molecule has 0 saturated carbocycles. The van der Waals surface area contributed by atoms with Gasteiger partial charge in [0.15, 0.2) is 0 Å². The standard InChI is InChI=1S/C21H34N2O2/c1-20(2)15-18(16-21(3,4)23-20)22-19(24)11-8-13-25-14-12-17-9-6-5-7-10-17/h5-7,9-10,18,23H,8,11-16H2,1-4H3,(H,22,24). The van der Waals surface area contributed by atoms with Gasteiger partial charge in [0.05, 0.1) is 6.61 Å². The number of rotatable bonds is 8. The van der Waals surface area contributed by atoms with Crippen molar-refractivity contribution in [2.45, 2.75) is 76.9 Å². The van der Waals surface area contributed by atoms with Gasteiger partial charge in [-0.15, -0.1) is 0 Å². The first-order valence-corrected chi connectivity index (χ1v) is 9.46. The molecule has 140 valence electrons. The number of piperidine rings is 1. The summed E-state index contributed by atoms with van der Waals surface area (Å²) in [5.41, 5.74) is 1.40. The van der Waals surface area contributed by atoms with Crippen LogP contribution in [-0.4, -0.2) is 36.2 Å². The van der Waals surface area contributed by atoms with Gasteiger partial charge >= 0.3 is 0 Å². The van der Waals surface area contributed by atoms with E-state index in [4.69, 9.17) is 4.74 Å². The number of carbonyl (C=O) groups is 1. The zero-order valence-corrected chi connectivity index (χ0v) is 16.2. The van der Waals surface area contributed by atoms with E-state index in [-0.39, 0.29) is 23.0 Å². The van der Waals surface area contributed by atoms with Crippen molar-refractivity contribution in [3.05, 3.63) is 35.9 Å². The lowest BCUT2D eigenvalue weighted by Crippen LogP contribution is -2.62. The SMILES string of the molecule is CC1(C)CC(NC(=O)CCCOCCc2ccccc2)CC(C)(C)N1. The van der Waals surface area contributed by atoms with Crippen molar-refractivity contribution in [2.75, 3.05) is 13.2 Å². The first-order valence-electron chi connectivity index (χ1n) is 9.46. The summed E-state index contributed by atoms with van der Waals surface area (Å²) >= 11 is 0. The minimum Gasteiger partial charge on any atom is -0.381 e. The van der Waals surface area contributed by atoms with Gasteiger partial charge in [0.2, 0.25) is 5.91 Å². The fraction of sp³-hybridized carbons (Fsp3) is 0.667. The smallest absolute Gasteiger partial charge is 0.220 e. The second-order valence-electron chi connectivity index (χ2n) is 8.52. The molecule has 25 heavy (non-hydrogen) atoms. The maximum atomic E-state index is 12.2. The Hall–Kier alpha value is -1.39. The van der Waals surface area contributed by atoms with E-state index in [1.54, 1.807) is 0 Å². The molecule has 1 saturated heterocycles. The molecular formula is C21H34N2O2. The van der Waals surface area contributed by atoms with E-state index in [9.17, 15) is 4.79 Å². The minimum atomic E-state index is 0.0558. The van der Waals surface area contributed by atoms with Crippen LogP contribution < -0.4 is 10.6 Å². The Morgan fingerprint density at radius 2 is 1.76 bits per heavy atom. The van der Waals surface area contributed by atoms with Gasteiger partial charge in [-0.3, -0.25) is 4.79 Å². The Labute approximate surface area is 152 Å². The molecular weight excluding hydrogens is 312 g/mol. The van der Waals surface area contributed by atoms with Crippen LogP contribution in [0.15, 0.2) is 30.3 Å². The van der Waals surface area contributed by atoms with E-state index >= 15 is 0 Å². The molecule has 4 heteroatoms. The molecule has 2 rings (SSSR count). The van der Waals surface area contributed by atoms with E-state index < -0.39 is 0 Å². The van der Waals surface area contributed by atoms with Gasteiger partial charge in [0.25, 0.3) is 0 Å². The fourth-order valence-electron chi connectivity index (χ4n) is 4.00. The fourth-order valence-corrected chi connectivity index (χ4v) is 4.00. The highest BCUT2D eigenvalue weighted by Crippen LogP contribution is 2.28. The van der Waals surface area contributed by atoms with Crippen molar-refractivity contribution in [1.82, 2.24) is 10.6 Å². The van der Waals surface area contributed by atoms with E-state index in [2.05, 4.69) is 50.5 Å². The third kappa shape index (κ3) is 7.57. The molecule has 0 unspecified atom stereocenters. The average Bonchev–Trinajstić information content (AvgIpc) is 2.48. The average molecular weight is 347 g/mol. The summed E-state index contributed by atoms with van der Waals surface area (Å²) < 4.78 is 5.65. The second-order valence-corrected chi connectivity index (χ2v) is 8.52. The van der Waals surface area contributed by atoms with Crippen molar-refractivity contribution in [2.24, 2.45) is 0 Å². The largest absolute Gasteiger partial charge is 0.381 e. The molecule has 2 N–H and O–H groups in total. The number of ether oxygens (including phenoxy) is 1. The predicted octanol–water partition coefficient (Wildman–Crippen LogP) is 3.45. The van der Waals surface area contributed by atoms with E-state index in [0.717, 1.165) is 25.7 Å². The zero-order valence-electron chi connectivity index (χ0n) is 16.2. The molecule has 1 aliphatic rings. The first-order chi connectivity index (χ1) is 11.8.